The Balaban J connectivity index is 3.23. The van der Waals surface area contributed by atoms with Gasteiger partial charge in [0.15, 0.2) is 5.78 Å². The van der Waals surface area contributed by atoms with Crippen molar-refractivity contribution in [2.75, 3.05) is 5.73 Å². The normalized spacial score (nSPS) is 9.69. The molecule has 0 amide bonds. The van der Waals surface area contributed by atoms with Gasteiger partial charge in [-0.25, -0.2) is 0 Å². The topological polar surface area (TPSA) is 43.1 Å². The number of carbonyl (C=O) groups is 1. The van der Waals surface area contributed by atoms with Crippen LogP contribution in [0.3, 0.4) is 0 Å². The second-order valence-corrected chi connectivity index (χ2v) is 3.61. The maximum atomic E-state index is 11.5. The zero-order valence-corrected chi connectivity index (χ0v) is 8.89. The number of carbonyl (C=O) groups excluding carboxylic acids is 1. The minimum atomic E-state index is -0.0841. The van der Waals surface area contributed by atoms with Gasteiger partial charge in [-0.05, 0) is 40.6 Å². The average Bonchev–Trinajstić information content (AvgIpc) is 2.08. The fraction of sp³-hybridized carbons (Fsp3) is 0.100. The zero-order chi connectivity index (χ0) is 10.0. The average molecular weight is 240 g/mol. The first-order chi connectivity index (χ1) is 6.04. The highest BCUT2D eigenvalue weighted by molar-refractivity contribution is 9.10. The van der Waals surface area contributed by atoms with Gasteiger partial charge in [0.2, 0.25) is 0 Å². The Kier molecular flexibility index (Phi) is 2.88. The van der Waals surface area contributed by atoms with Crippen molar-refractivity contribution in [3.05, 3.63) is 40.4 Å². The summed E-state index contributed by atoms with van der Waals surface area (Å²) in [7, 11) is 0. The highest BCUT2D eigenvalue weighted by atomic mass is 79.9. The Bertz CT molecular complexity index is 371. The molecule has 68 valence electrons. The second kappa shape index (κ2) is 3.75. The third-order valence-corrected chi connectivity index (χ3v) is 2.55. The van der Waals surface area contributed by atoms with Crippen LogP contribution >= 0.6 is 15.9 Å². The molecule has 0 saturated heterocycles. The number of ketones is 1. The van der Waals surface area contributed by atoms with Gasteiger partial charge in [-0.1, -0.05) is 12.6 Å². The van der Waals surface area contributed by atoms with E-state index in [0.717, 1.165) is 0 Å². The van der Waals surface area contributed by atoms with Crippen molar-refractivity contribution in [2.24, 2.45) is 0 Å². The van der Waals surface area contributed by atoms with Gasteiger partial charge in [-0.2, -0.15) is 0 Å². The molecule has 2 N–H and O–H groups in total. The van der Waals surface area contributed by atoms with Crippen LogP contribution in [0.1, 0.15) is 17.3 Å². The van der Waals surface area contributed by atoms with Crippen molar-refractivity contribution in [1.29, 1.82) is 0 Å². The molecule has 0 aliphatic carbocycles. The van der Waals surface area contributed by atoms with Gasteiger partial charge >= 0.3 is 0 Å². The van der Waals surface area contributed by atoms with Crippen molar-refractivity contribution < 1.29 is 4.79 Å². The quantitative estimate of drug-likeness (QED) is 0.490. The summed E-state index contributed by atoms with van der Waals surface area (Å²) in [6, 6.07) is 5.20. The van der Waals surface area contributed by atoms with Crippen LogP contribution in [0.25, 0.3) is 0 Å². The molecule has 0 unspecified atom stereocenters. The molecule has 1 aromatic rings. The summed E-state index contributed by atoms with van der Waals surface area (Å²) >= 11 is 3.26. The lowest BCUT2D eigenvalue weighted by molar-refractivity contribution is 0.103. The molecular weight excluding hydrogens is 230 g/mol. The predicted molar refractivity (Wildman–Crippen MR) is 57.7 cm³/mol. The standard InChI is InChI=1S/C10H10BrNO/c1-6(2)10(13)7-4-3-5-8(12)9(7)11/h3-5H,1,12H2,2H3. The molecule has 0 saturated carbocycles. The number of hydrogen-bond acceptors (Lipinski definition) is 2. The number of anilines is 1. The molecule has 13 heavy (non-hydrogen) atoms. The van der Waals surface area contributed by atoms with Crippen LogP contribution < -0.4 is 5.73 Å². The Morgan fingerprint density at radius 2 is 2.15 bits per heavy atom. The first kappa shape index (κ1) is 9.99. The van der Waals surface area contributed by atoms with Crippen LogP contribution in [-0.2, 0) is 0 Å². The summed E-state index contributed by atoms with van der Waals surface area (Å²) in [6.07, 6.45) is 0. The van der Waals surface area contributed by atoms with Gasteiger partial charge in [-0.15, -0.1) is 0 Å². The molecule has 0 heterocycles. The number of rotatable bonds is 2. The van der Waals surface area contributed by atoms with Crippen molar-refractivity contribution in [2.45, 2.75) is 6.92 Å². The van der Waals surface area contributed by atoms with E-state index in [1.165, 1.54) is 0 Å². The first-order valence-corrected chi connectivity index (χ1v) is 4.57. The van der Waals surface area contributed by atoms with Crippen molar-refractivity contribution in [3.8, 4) is 0 Å². The van der Waals surface area contributed by atoms with Crippen molar-refractivity contribution in [3.63, 3.8) is 0 Å². The third-order valence-electron chi connectivity index (χ3n) is 1.66. The lowest BCUT2D eigenvalue weighted by Gasteiger charge is -2.04. The van der Waals surface area contributed by atoms with Crippen molar-refractivity contribution in [1.82, 2.24) is 0 Å². The largest absolute Gasteiger partial charge is 0.398 e. The summed E-state index contributed by atoms with van der Waals surface area (Å²) < 4.78 is 0.642. The summed E-state index contributed by atoms with van der Waals surface area (Å²) in [5.74, 6) is -0.0841. The van der Waals surface area contributed by atoms with Crippen molar-refractivity contribution >= 4 is 27.4 Å². The Hall–Kier alpha value is -1.09. The lowest BCUT2D eigenvalue weighted by atomic mass is 10.1. The van der Waals surface area contributed by atoms with Gasteiger partial charge in [-0.3, -0.25) is 4.79 Å². The van der Waals surface area contributed by atoms with E-state index in [9.17, 15) is 4.79 Å². The second-order valence-electron chi connectivity index (χ2n) is 2.82. The van der Waals surface area contributed by atoms with Crippen LogP contribution in [0.5, 0.6) is 0 Å². The highest BCUT2D eigenvalue weighted by Crippen LogP contribution is 2.25. The number of halogens is 1. The molecule has 2 nitrogen and oxygen atoms in total. The van der Waals surface area contributed by atoms with Gasteiger partial charge in [0.05, 0.1) is 4.47 Å². The predicted octanol–water partition coefficient (Wildman–Crippen LogP) is 2.79. The Morgan fingerprint density at radius 3 is 2.69 bits per heavy atom. The molecule has 0 fully saturated rings. The minimum Gasteiger partial charge on any atom is -0.398 e. The molecule has 1 aromatic carbocycles. The molecule has 0 aliphatic heterocycles. The fourth-order valence-corrected chi connectivity index (χ4v) is 1.40. The molecule has 0 spiro atoms. The molecule has 0 atom stereocenters. The van der Waals surface area contributed by atoms with Crippen LogP contribution in [0.4, 0.5) is 5.69 Å². The number of benzene rings is 1. The van der Waals surface area contributed by atoms with E-state index in [-0.39, 0.29) is 5.78 Å². The van der Waals surface area contributed by atoms with Gasteiger partial charge < -0.3 is 5.73 Å². The molecule has 0 aliphatic rings. The summed E-state index contributed by atoms with van der Waals surface area (Å²) in [4.78, 5) is 11.5. The van der Waals surface area contributed by atoms with E-state index >= 15 is 0 Å². The maximum Gasteiger partial charge on any atom is 0.189 e. The van der Waals surface area contributed by atoms with E-state index < -0.39 is 0 Å². The first-order valence-electron chi connectivity index (χ1n) is 3.78. The van der Waals surface area contributed by atoms with Crippen LogP contribution in [0.2, 0.25) is 0 Å². The van der Waals surface area contributed by atoms with E-state index in [4.69, 9.17) is 5.73 Å². The molecule has 0 bridgehead atoms. The van der Waals surface area contributed by atoms with Gasteiger partial charge in [0.25, 0.3) is 0 Å². The third kappa shape index (κ3) is 1.98. The van der Waals surface area contributed by atoms with Gasteiger partial charge in [0, 0.05) is 11.3 Å². The Labute approximate surface area is 85.6 Å². The number of nitrogen functional groups attached to an aromatic ring is 1. The summed E-state index contributed by atoms with van der Waals surface area (Å²) in [6.45, 7) is 5.27. The maximum absolute atomic E-state index is 11.5. The zero-order valence-electron chi connectivity index (χ0n) is 7.30. The molecule has 0 radical (unpaired) electrons. The van der Waals surface area contributed by atoms with Crippen LogP contribution in [0.15, 0.2) is 34.8 Å². The molecular formula is C10H10BrNO. The molecule has 1 rings (SSSR count). The van der Waals surface area contributed by atoms with Crippen LogP contribution in [0, 0.1) is 0 Å². The smallest absolute Gasteiger partial charge is 0.189 e. The number of allylic oxidation sites excluding steroid dienone is 1. The van der Waals surface area contributed by atoms with Crippen LogP contribution in [-0.4, -0.2) is 5.78 Å². The fourth-order valence-electron chi connectivity index (χ4n) is 0.955. The van der Waals surface area contributed by atoms with E-state index in [2.05, 4.69) is 22.5 Å². The highest BCUT2D eigenvalue weighted by Gasteiger charge is 2.11. The molecule has 0 aromatic heterocycles. The molecule has 3 heteroatoms. The van der Waals surface area contributed by atoms with E-state index in [1.54, 1.807) is 25.1 Å². The summed E-state index contributed by atoms with van der Waals surface area (Å²) in [5, 5.41) is 0. The minimum absolute atomic E-state index is 0.0841. The number of Topliss-reactive ketones (excluding diaryl/α,β-unsaturated/α-hetero) is 1. The number of nitrogens with two attached hydrogens (primary N) is 1. The van der Waals surface area contributed by atoms with E-state index in [1.807, 2.05) is 0 Å². The number of hydrogen-bond donors (Lipinski definition) is 1. The van der Waals surface area contributed by atoms with E-state index in [0.29, 0.717) is 21.3 Å². The monoisotopic (exact) mass is 239 g/mol. The summed E-state index contributed by atoms with van der Waals surface area (Å²) in [5.41, 5.74) is 7.26. The van der Waals surface area contributed by atoms with Gasteiger partial charge in [0.1, 0.15) is 0 Å². The SMILES string of the molecule is C=C(C)C(=O)c1cccc(N)c1Br. The Morgan fingerprint density at radius 1 is 1.54 bits per heavy atom. The lowest BCUT2D eigenvalue weighted by Crippen LogP contribution is -2.02.